The summed E-state index contributed by atoms with van der Waals surface area (Å²) in [6, 6.07) is -0.486. The highest BCUT2D eigenvalue weighted by Gasteiger charge is 2.26. The molecule has 2 atom stereocenters. The quantitative estimate of drug-likeness (QED) is 0.738. The van der Waals surface area contributed by atoms with Crippen LogP contribution in [-0.2, 0) is 9.53 Å². The fraction of sp³-hybridized carbons (Fsp3) is 0.909. The van der Waals surface area contributed by atoms with E-state index in [1.807, 2.05) is 0 Å². The zero-order chi connectivity index (χ0) is 11.3. The van der Waals surface area contributed by atoms with Crippen LogP contribution in [0.2, 0.25) is 0 Å². The van der Waals surface area contributed by atoms with E-state index < -0.39 is 18.1 Å². The summed E-state index contributed by atoms with van der Waals surface area (Å²) in [4.78, 5) is 11.0. The van der Waals surface area contributed by atoms with Crippen molar-refractivity contribution in [1.29, 1.82) is 0 Å². The normalized spacial score (nSPS) is 20.7. The van der Waals surface area contributed by atoms with Crippen LogP contribution in [0.3, 0.4) is 0 Å². The molecule has 1 saturated carbocycles. The van der Waals surface area contributed by atoms with Crippen LogP contribution >= 0.6 is 12.4 Å². The Labute approximate surface area is 103 Å². The third-order valence-corrected chi connectivity index (χ3v) is 3.18. The molecule has 1 aliphatic rings. The number of esters is 1. The van der Waals surface area contributed by atoms with Gasteiger partial charge in [0.15, 0.2) is 6.10 Å². The van der Waals surface area contributed by atoms with E-state index in [2.05, 4.69) is 4.74 Å². The van der Waals surface area contributed by atoms with Crippen LogP contribution in [0.15, 0.2) is 0 Å². The van der Waals surface area contributed by atoms with Crippen molar-refractivity contribution < 1.29 is 14.6 Å². The van der Waals surface area contributed by atoms with E-state index in [-0.39, 0.29) is 12.4 Å². The Morgan fingerprint density at radius 1 is 1.44 bits per heavy atom. The minimum atomic E-state index is -1.17. The van der Waals surface area contributed by atoms with Gasteiger partial charge < -0.3 is 15.6 Å². The van der Waals surface area contributed by atoms with Crippen LogP contribution in [0.1, 0.15) is 38.5 Å². The van der Waals surface area contributed by atoms with Crippen molar-refractivity contribution in [2.24, 2.45) is 11.7 Å². The molecule has 0 aromatic heterocycles. The lowest BCUT2D eigenvalue weighted by molar-refractivity contribution is -0.151. The van der Waals surface area contributed by atoms with Gasteiger partial charge in [0.2, 0.25) is 0 Å². The summed E-state index contributed by atoms with van der Waals surface area (Å²) < 4.78 is 4.45. The van der Waals surface area contributed by atoms with Gasteiger partial charge in [-0.3, -0.25) is 0 Å². The second kappa shape index (κ2) is 7.87. The number of aliphatic hydroxyl groups is 1. The maximum absolute atomic E-state index is 11.0. The molecule has 96 valence electrons. The first kappa shape index (κ1) is 15.7. The smallest absolute Gasteiger partial charge is 0.336 e. The molecule has 3 N–H and O–H groups in total. The number of nitrogens with two attached hydrogens (primary N) is 1. The van der Waals surface area contributed by atoms with Gasteiger partial charge in [-0.15, -0.1) is 12.4 Å². The monoisotopic (exact) mass is 251 g/mol. The first-order valence-electron chi connectivity index (χ1n) is 5.66. The number of aliphatic hydroxyl groups excluding tert-OH is 1. The van der Waals surface area contributed by atoms with Crippen molar-refractivity contribution in [3.8, 4) is 0 Å². The molecule has 1 aliphatic carbocycles. The number of ether oxygens (including phenoxy) is 1. The van der Waals surface area contributed by atoms with Crippen molar-refractivity contribution in [3.05, 3.63) is 0 Å². The summed E-state index contributed by atoms with van der Waals surface area (Å²) in [5.41, 5.74) is 5.77. The summed E-state index contributed by atoms with van der Waals surface area (Å²) in [7, 11) is 1.26. The molecule has 0 aromatic carbocycles. The molecule has 0 spiro atoms. The molecule has 0 aliphatic heterocycles. The molecular formula is C11H22ClNO3. The van der Waals surface area contributed by atoms with Crippen molar-refractivity contribution in [2.75, 3.05) is 7.11 Å². The molecule has 5 heteroatoms. The molecule has 16 heavy (non-hydrogen) atoms. The van der Waals surface area contributed by atoms with Gasteiger partial charge in [0.05, 0.1) is 7.11 Å². The maximum atomic E-state index is 11.0. The van der Waals surface area contributed by atoms with E-state index in [4.69, 9.17) is 5.73 Å². The minimum Gasteiger partial charge on any atom is -0.467 e. The summed E-state index contributed by atoms with van der Waals surface area (Å²) in [5.74, 6) is -0.0636. The van der Waals surface area contributed by atoms with Gasteiger partial charge in [0, 0.05) is 6.04 Å². The van der Waals surface area contributed by atoms with Crippen molar-refractivity contribution >= 4 is 18.4 Å². The van der Waals surface area contributed by atoms with Gasteiger partial charge in [-0.2, -0.15) is 0 Å². The summed E-state index contributed by atoms with van der Waals surface area (Å²) in [6.07, 6.45) is 5.67. The van der Waals surface area contributed by atoms with E-state index in [0.29, 0.717) is 5.92 Å². The van der Waals surface area contributed by atoms with Crippen LogP contribution in [0, 0.1) is 5.92 Å². The molecule has 1 rings (SSSR count). The SMILES string of the molecule is COC(=O)C(O)C(N)CC1CCCCC1.Cl. The van der Waals surface area contributed by atoms with Gasteiger partial charge in [-0.1, -0.05) is 32.1 Å². The van der Waals surface area contributed by atoms with E-state index in [1.54, 1.807) is 0 Å². The molecule has 1 fully saturated rings. The fourth-order valence-corrected chi connectivity index (χ4v) is 2.23. The predicted molar refractivity (Wildman–Crippen MR) is 64.4 cm³/mol. The Bertz CT molecular complexity index is 207. The number of halogens is 1. The highest BCUT2D eigenvalue weighted by molar-refractivity contribution is 5.85. The molecule has 2 unspecified atom stereocenters. The van der Waals surface area contributed by atoms with Crippen LogP contribution in [0.25, 0.3) is 0 Å². The van der Waals surface area contributed by atoms with Gasteiger partial charge in [0.1, 0.15) is 0 Å². The van der Waals surface area contributed by atoms with Gasteiger partial charge in [0.25, 0.3) is 0 Å². The summed E-state index contributed by atoms with van der Waals surface area (Å²) in [5, 5.41) is 9.52. The van der Waals surface area contributed by atoms with Crippen LogP contribution < -0.4 is 5.73 Å². The number of hydrogen-bond acceptors (Lipinski definition) is 4. The average molecular weight is 252 g/mol. The second-order valence-electron chi connectivity index (χ2n) is 4.37. The highest BCUT2D eigenvalue weighted by atomic mass is 35.5. The standard InChI is InChI=1S/C11H21NO3.ClH/c1-15-11(14)10(13)9(12)7-8-5-3-2-4-6-8;/h8-10,13H,2-7,12H2,1H3;1H. The third-order valence-electron chi connectivity index (χ3n) is 3.18. The second-order valence-corrected chi connectivity index (χ2v) is 4.37. The first-order valence-corrected chi connectivity index (χ1v) is 5.66. The number of rotatable bonds is 4. The molecule has 0 heterocycles. The van der Waals surface area contributed by atoms with Crippen LogP contribution in [0.4, 0.5) is 0 Å². The Morgan fingerprint density at radius 3 is 2.50 bits per heavy atom. The molecule has 4 nitrogen and oxygen atoms in total. The lowest BCUT2D eigenvalue weighted by Gasteiger charge is -2.26. The molecule has 0 radical (unpaired) electrons. The Balaban J connectivity index is 0.00000225. The van der Waals surface area contributed by atoms with E-state index in [1.165, 1.54) is 39.2 Å². The van der Waals surface area contributed by atoms with Gasteiger partial charge in [-0.05, 0) is 12.3 Å². The Hall–Kier alpha value is -0.320. The third kappa shape index (κ3) is 4.68. The van der Waals surface area contributed by atoms with E-state index in [0.717, 1.165) is 6.42 Å². The number of methoxy groups -OCH3 is 1. The highest BCUT2D eigenvalue weighted by Crippen LogP contribution is 2.27. The first-order chi connectivity index (χ1) is 7.15. The van der Waals surface area contributed by atoms with Crippen molar-refractivity contribution in [2.45, 2.75) is 50.7 Å². The number of hydrogen-bond donors (Lipinski definition) is 2. The summed E-state index contributed by atoms with van der Waals surface area (Å²) in [6.45, 7) is 0. The molecular weight excluding hydrogens is 230 g/mol. The minimum absolute atomic E-state index is 0. The van der Waals surface area contributed by atoms with Crippen LogP contribution in [0.5, 0.6) is 0 Å². The van der Waals surface area contributed by atoms with Crippen LogP contribution in [-0.4, -0.2) is 30.3 Å². The zero-order valence-corrected chi connectivity index (χ0v) is 10.5. The maximum Gasteiger partial charge on any atom is 0.336 e. The Morgan fingerprint density at radius 2 is 2.00 bits per heavy atom. The largest absolute Gasteiger partial charge is 0.467 e. The Kier molecular flexibility index (Phi) is 7.72. The molecule has 0 saturated heterocycles. The summed E-state index contributed by atoms with van der Waals surface area (Å²) >= 11 is 0. The fourth-order valence-electron chi connectivity index (χ4n) is 2.23. The number of carbonyl (C=O) groups excluding carboxylic acids is 1. The number of carbonyl (C=O) groups is 1. The topological polar surface area (TPSA) is 72.5 Å². The molecule has 0 aromatic rings. The average Bonchev–Trinajstić information content (AvgIpc) is 2.28. The van der Waals surface area contributed by atoms with Crippen molar-refractivity contribution in [3.63, 3.8) is 0 Å². The molecule has 0 bridgehead atoms. The predicted octanol–water partition coefficient (Wildman–Crippen LogP) is 1.24. The van der Waals surface area contributed by atoms with Gasteiger partial charge >= 0.3 is 5.97 Å². The lowest BCUT2D eigenvalue weighted by atomic mass is 9.84. The van der Waals surface area contributed by atoms with Crippen molar-refractivity contribution in [1.82, 2.24) is 0 Å². The van der Waals surface area contributed by atoms with E-state index in [9.17, 15) is 9.90 Å². The zero-order valence-electron chi connectivity index (χ0n) is 9.72. The molecule has 0 amide bonds. The lowest BCUT2D eigenvalue weighted by Crippen LogP contribution is -2.42. The van der Waals surface area contributed by atoms with Gasteiger partial charge in [-0.25, -0.2) is 4.79 Å². The van der Waals surface area contributed by atoms with E-state index >= 15 is 0 Å².